The highest BCUT2D eigenvalue weighted by atomic mass is 32.1. The number of hydrogen-bond acceptors (Lipinski definition) is 5. The molecular weight excluding hydrogens is 486 g/mol. The average Bonchev–Trinajstić information content (AvgIpc) is 2.82. The summed E-state index contributed by atoms with van der Waals surface area (Å²) >= 11 is 4.36. The van der Waals surface area contributed by atoms with Crippen molar-refractivity contribution < 1.29 is 19.1 Å². The molecule has 0 aliphatic carbocycles. The molecule has 2 atom stereocenters. The molecular formula is C29H49N3O4S. The standard InChI is InChI=1S/C29H49N3O4S/c1-7-9-11-12-13-14-19-32(27(34)24(21-37)31-28(35)36-29(4,5)6)25(26(33)30-18-10-8-2)23-17-15-16-22(3)20-23/h15-17,20,24-25,37H,7-14,18-19,21H2,1-6H3,(H,30,33)(H,31,35). The summed E-state index contributed by atoms with van der Waals surface area (Å²) < 4.78 is 5.38. The fourth-order valence-corrected chi connectivity index (χ4v) is 4.31. The number of amides is 3. The molecule has 0 radical (unpaired) electrons. The van der Waals surface area contributed by atoms with Crippen LogP contribution in [0.3, 0.4) is 0 Å². The number of hydrogen-bond donors (Lipinski definition) is 3. The zero-order valence-corrected chi connectivity index (χ0v) is 24.7. The van der Waals surface area contributed by atoms with Crippen molar-refractivity contribution in [2.75, 3.05) is 18.8 Å². The first-order valence-corrected chi connectivity index (χ1v) is 14.4. The van der Waals surface area contributed by atoms with Crippen LogP contribution in [0.25, 0.3) is 0 Å². The molecule has 3 amide bonds. The highest BCUT2D eigenvalue weighted by molar-refractivity contribution is 7.80. The molecule has 1 rings (SSSR count). The van der Waals surface area contributed by atoms with Crippen LogP contribution in [0.1, 0.15) is 103 Å². The van der Waals surface area contributed by atoms with Gasteiger partial charge in [-0.2, -0.15) is 12.6 Å². The number of alkyl carbamates (subject to hydrolysis) is 1. The van der Waals surface area contributed by atoms with E-state index in [0.717, 1.165) is 56.1 Å². The van der Waals surface area contributed by atoms with E-state index in [1.54, 1.807) is 25.7 Å². The first-order valence-electron chi connectivity index (χ1n) is 13.8. The summed E-state index contributed by atoms with van der Waals surface area (Å²) in [6.07, 6.45) is 7.46. The van der Waals surface area contributed by atoms with Gasteiger partial charge in [-0.15, -0.1) is 0 Å². The summed E-state index contributed by atoms with van der Waals surface area (Å²) in [4.78, 5) is 41.5. The van der Waals surface area contributed by atoms with Gasteiger partial charge in [-0.1, -0.05) is 82.2 Å². The topological polar surface area (TPSA) is 87.7 Å². The number of unbranched alkanes of at least 4 members (excludes halogenated alkanes) is 6. The Hall–Kier alpha value is -2.22. The van der Waals surface area contributed by atoms with Gasteiger partial charge in [0.15, 0.2) is 0 Å². The quantitative estimate of drug-likeness (QED) is 0.180. The SMILES string of the molecule is CCCCCCCCN(C(=O)C(CS)NC(=O)OC(C)(C)C)C(C(=O)NCCCC)c1cccc(C)c1. The zero-order valence-electron chi connectivity index (χ0n) is 23.8. The van der Waals surface area contributed by atoms with Gasteiger partial charge in [0, 0.05) is 18.8 Å². The lowest BCUT2D eigenvalue weighted by molar-refractivity contribution is -0.142. The molecule has 0 heterocycles. The van der Waals surface area contributed by atoms with Crippen molar-refractivity contribution in [3.05, 3.63) is 35.4 Å². The third-order valence-electron chi connectivity index (χ3n) is 5.95. The van der Waals surface area contributed by atoms with Crippen molar-refractivity contribution in [3.8, 4) is 0 Å². The molecule has 0 saturated heterocycles. The molecule has 0 bridgehead atoms. The van der Waals surface area contributed by atoms with Gasteiger partial charge in [0.05, 0.1) is 0 Å². The lowest BCUT2D eigenvalue weighted by atomic mass is 10.00. The van der Waals surface area contributed by atoms with E-state index in [9.17, 15) is 14.4 Å². The molecule has 0 fully saturated rings. The Balaban J connectivity index is 3.28. The highest BCUT2D eigenvalue weighted by Crippen LogP contribution is 2.25. The van der Waals surface area contributed by atoms with E-state index in [1.165, 1.54) is 6.42 Å². The molecule has 210 valence electrons. The maximum absolute atomic E-state index is 13.9. The van der Waals surface area contributed by atoms with Crippen LogP contribution in [-0.2, 0) is 14.3 Å². The zero-order chi connectivity index (χ0) is 27.8. The number of carbonyl (C=O) groups is 3. The Morgan fingerprint density at radius 1 is 1.00 bits per heavy atom. The van der Waals surface area contributed by atoms with Crippen LogP contribution in [0, 0.1) is 6.92 Å². The summed E-state index contributed by atoms with van der Waals surface area (Å²) in [7, 11) is 0. The normalized spacial score (nSPS) is 12.9. The lowest BCUT2D eigenvalue weighted by Crippen LogP contribution is -2.54. The maximum Gasteiger partial charge on any atom is 0.408 e. The van der Waals surface area contributed by atoms with Crippen LogP contribution in [0.2, 0.25) is 0 Å². The molecule has 8 heteroatoms. The number of aryl methyl sites for hydroxylation is 1. The van der Waals surface area contributed by atoms with Crippen molar-refractivity contribution in [2.24, 2.45) is 0 Å². The molecule has 0 aliphatic heterocycles. The Morgan fingerprint density at radius 2 is 1.65 bits per heavy atom. The van der Waals surface area contributed by atoms with Gasteiger partial charge in [0.25, 0.3) is 0 Å². The first-order chi connectivity index (χ1) is 17.5. The number of carbonyl (C=O) groups excluding carboxylic acids is 3. The Labute approximate surface area is 229 Å². The smallest absolute Gasteiger partial charge is 0.408 e. The van der Waals surface area contributed by atoms with Gasteiger partial charge in [0.1, 0.15) is 17.7 Å². The van der Waals surface area contributed by atoms with Gasteiger partial charge >= 0.3 is 6.09 Å². The van der Waals surface area contributed by atoms with E-state index in [4.69, 9.17) is 4.74 Å². The summed E-state index contributed by atoms with van der Waals surface area (Å²) in [5.41, 5.74) is 1.06. The Morgan fingerprint density at radius 3 is 2.24 bits per heavy atom. The van der Waals surface area contributed by atoms with Gasteiger partial charge < -0.3 is 20.3 Å². The molecule has 1 aromatic carbocycles. The first kappa shape index (κ1) is 32.8. The fourth-order valence-electron chi connectivity index (χ4n) is 4.06. The third kappa shape index (κ3) is 12.7. The second kappa shape index (κ2) is 17.3. The molecule has 37 heavy (non-hydrogen) atoms. The van der Waals surface area contributed by atoms with Crippen molar-refractivity contribution in [3.63, 3.8) is 0 Å². The van der Waals surface area contributed by atoms with Crippen LogP contribution >= 0.6 is 12.6 Å². The fraction of sp³-hybridized carbons (Fsp3) is 0.690. The van der Waals surface area contributed by atoms with Gasteiger partial charge in [-0.3, -0.25) is 9.59 Å². The van der Waals surface area contributed by atoms with Gasteiger partial charge in [-0.05, 0) is 46.1 Å². The molecule has 2 N–H and O–H groups in total. The van der Waals surface area contributed by atoms with Crippen molar-refractivity contribution in [1.82, 2.24) is 15.5 Å². The Bertz CT molecular complexity index is 841. The maximum atomic E-state index is 13.9. The molecule has 0 aromatic heterocycles. The minimum atomic E-state index is -0.922. The summed E-state index contributed by atoms with van der Waals surface area (Å²) in [6, 6.07) is 5.98. The number of nitrogens with zero attached hydrogens (tertiary/aromatic N) is 1. The molecule has 2 unspecified atom stereocenters. The predicted octanol–water partition coefficient (Wildman–Crippen LogP) is 5.96. The van der Waals surface area contributed by atoms with Crippen molar-refractivity contribution in [1.29, 1.82) is 0 Å². The number of ether oxygens (including phenoxy) is 1. The van der Waals surface area contributed by atoms with Crippen LogP contribution < -0.4 is 10.6 Å². The van der Waals surface area contributed by atoms with Crippen molar-refractivity contribution in [2.45, 2.75) is 111 Å². The molecule has 0 spiro atoms. The molecule has 0 aliphatic rings. The van der Waals surface area contributed by atoms with E-state index in [2.05, 4.69) is 37.1 Å². The largest absolute Gasteiger partial charge is 0.444 e. The second-order valence-electron chi connectivity index (χ2n) is 10.6. The number of thiol groups is 1. The lowest BCUT2D eigenvalue weighted by Gasteiger charge is -2.34. The minimum Gasteiger partial charge on any atom is -0.444 e. The summed E-state index contributed by atoms with van der Waals surface area (Å²) in [6.45, 7) is 12.5. The van der Waals surface area contributed by atoms with E-state index >= 15 is 0 Å². The van der Waals surface area contributed by atoms with E-state index in [1.807, 2.05) is 31.2 Å². The minimum absolute atomic E-state index is 0.0864. The molecule has 7 nitrogen and oxygen atoms in total. The third-order valence-corrected chi connectivity index (χ3v) is 6.32. The number of nitrogens with one attached hydrogen (secondary N) is 2. The highest BCUT2D eigenvalue weighted by Gasteiger charge is 2.35. The number of rotatable bonds is 16. The van der Waals surface area contributed by atoms with Gasteiger partial charge in [0.2, 0.25) is 11.8 Å². The average molecular weight is 536 g/mol. The Kier molecular flexibility index (Phi) is 15.4. The summed E-state index contributed by atoms with van der Waals surface area (Å²) in [5, 5.41) is 5.69. The van der Waals surface area contributed by atoms with E-state index < -0.39 is 23.8 Å². The van der Waals surface area contributed by atoms with Crippen LogP contribution in [-0.4, -0.2) is 53.3 Å². The summed E-state index contributed by atoms with van der Waals surface area (Å²) in [5.74, 6) is -0.469. The number of benzene rings is 1. The molecule has 1 aromatic rings. The predicted molar refractivity (Wildman–Crippen MR) is 154 cm³/mol. The molecule has 0 saturated carbocycles. The second-order valence-corrected chi connectivity index (χ2v) is 11.0. The van der Waals surface area contributed by atoms with Crippen LogP contribution in [0.5, 0.6) is 0 Å². The van der Waals surface area contributed by atoms with Gasteiger partial charge in [-0.25, -0.2) is 4.79 Å². The monoisotopic (exact) mass is 535 g/mol. The van der Waals surface area contributed by atoms with Crippen LogP contribution in [0.4, 0.5) is 4.79 Å². The van der Waals surface area contributed by atoms with E-state index in [-0.39, 0.29) is 17.6 Å². The van der Waals surface area contributed by atoms with E-state index in [0.29, 0.717) is 13.1 Å². The van der Waals surface area contributed by atoms with Crippen LogP contribution in [0.15, 0.2) is 24.3 Å². The van der Waals surface area contributed by atoms with Crippen molar-refractivity contribution >= 4 is 30.5 Å².